The van der Waals surface area contributed by atoms with Gasteiger partial charge in [0, 0.05) is 34.1 Å². The third-order valence-electron chi connectivity index (χ3n) is 4.33. The number of fused-ring (bicyclic) bond motifs is 1. The molecule has 0 saturated carbocycles. The van der Waals surface area contributed by atoms with E-state index in [9.17, 15) is 0 Å². The fourth-order valence-electron chi connectivity index (χ4n) is 3.04. The summed E-state index contributed by atoms with van der Waals surface area (Å²) in [7, 11) is 3.23. The summed E-state index contributed by atoms with van der Waals surface area (Å²) in [6.07, 6.45) is 0. The van der Waals surface area contributed by atoms with Crippen molar-refractivity contribution in [3.63, 3.8) is 0 Å². The van der Waals surface area contributed by atoms with E-state index in [4.69, 9.17) is 26.2 Å². The topological polar surface area (TPSA) is 60.7 Å². The smallest absolute Gasteiger partial charge is 0.161 e. The summed E-state index contributed by atoms with van der Waals surface area (Å²) in [5, 5.41) is 8.77. The molecule has 2 aromatic heterocycles. The highest BCUT2D eigenvalue weighted by Crippen LogP contribution is 2.32. The highest BCUT2D eigenvalue weighted by molar-refractivity contribution is 6.30. The molecule has 0 radical (unpaired) electrons. The highest BCUT2D eigenvalue weighted by Gasteiger charge is 2.13. The largest absolute Gasteiger partial charge is 0.493 e. The molecule has 0 saturated heterocycles. The number of rotatable bonds is 5. The second kappa shape index (κ2) is 7.40. The molecule has 0 aliphatic heterocycles. The summed E-state index contributed by atoms with van der Waals surface area (Å²) < 4.78 is 12.5. The minimum absolute atomic E-state index is 0.651. The van der Waals surface area contributed by atoms with Crippen LogP contribution in [0.4, 0.5) is 11.5 Å². The molecule has 0 spiro atoms. The van der Waals surface area contributed by atoms with Gasteiger partial charge in [-0.05, 0) is 43.3 Å². The molecule has 7 heteroatoms. The molecule has 28 heavy (non-hydrogen) atoms. The molecular formula is C21H19ClN4O2. The monoisotopic (exact) mass is 394 g/mol. The van der Waals surface area contributed by atoms with Gasteiger partial charge in [-0.3, -0.25) is 0 Å². The zero-order valence-corrected chi connectivity index (χ0v) is 16.5. The summed E-state index contributed by atoms with van der Waals surface area (Å²) >= 11 is 6.10. The lowest BCUT2D eigenvalue weighted by Gasteiger charge is -2.09. The number of aromatic nitrogens is 3. The minimum atomic E-state index is 0.651. The van der Waals surface area contributed by atoms with Crippen molar-refractivity contribution in [2.45, 2.75) is 6.92 Å². The second-order valence-corrected chi connectivity index (χ2v) is 6.72. The Labute approximate surface area is 167 Å². The molecule has 0 fully saturated rings. The molecule has 1 N–H and O–H groups in total. The molecule has 142 valence electrons. The highest BCUT2D eigenvalue weighted by atomic mass is 35.5. The van der Waals surface area contributed by atoms with Crippen molar-refractivity contribution < 1.29 is 9.47 Å². The van der Waals surface area contributed by atoms with Gasteiger partial charge < -0.3 is 14.8 Å². The number of anilines is 2. The van der Waals surface area contributed by atoms with E-state index >= 15 is 0 Å². The standard InChI is InChI=1S/C21H19ClN4O2/c1-13-9-20(24-16-6-4-5-15(22)11-16)26-21(23-13)12-17(25-26)14-7-8-18(27-2)19(10-14)28-3/h4-12,24H,1-3H3. The first kappa shape index (κ1) is 18.1. The summed E-state index contributed by atoms with van der Waals surface area (Å²) in [4.78, 5) is 4.60. The Morgan fingerprint density at radius 3 is 2.54 bits per heavy atom. The number of hydrogen-bond acceptors (Lipinski definition) is 5. The fraction of sp³-hybridized carbons (Fsp3) is 0.143. The van der Waals surface area contributed by atoms with E-state index < -0.39 is 0 Å². The number of ether oxygens (including phenoxy) is 2. The molecule has 2 heterocycles. The van der Waals surface area contributed by atoms with Gasteiger partial charge in [0.25, 0.3) is 0 Å². The maximum absolute atomic E-state index is 6.10. The van der Waals surface area contributed by atoms with Gasteiger partial charge in [-0.2, -0.15) is 9.61 Å². The predicted octanol–water partition coefficient (Wildman–Crippen LogP) is 5.12. The number of aryl methyl sites for hydroxylation is 1. The van der Waals surface area contributed by atoms with Crippen molar-refractivity contribution >= 4 is 28.8 Å². The zero-order chi connectivity index (χ0) is 19.7. The quantitative estimate of drug-likeness (QED) is 0.509. The van der Waals surface area contributed by atoms with Crippen LogP contribution in [0, 0.1) is 6.92 Å². The second-order valence-electron chi connectivity index (χ2n) is 6.29. The SMILES string of the molecule is COc1ccc(-c2cc3nc(C)cc(Nc4cccc(Cl)c4)n3n2)cc1OC. The van der Waals surface area contributed by atoms with Crippen LogP contribution in [-0.2, 0) is 0 Å². The van der Waals surface area contributed by atoms with E-state index in [1.165, 1.54) is 0 Å². The van der Waals surface area contributed by atoms with Crippen LogP contribution in [-0.4, -0.2) is 28.8 Å². The van der Waals surface area contributed by atoms with E-state index in [-0.39, 0.29) is 0 Å². The molecular weight excluding hydrogens is 376 g/mol. The molecule has 2 aromatic carbocycles. The molecule has 0 bridgehead atoms. The molecule has 4 rings (SSSR count). The van der Waals surface area contributed by atoms with Crippen molar-refractivity contribution in [3.05, 3.63) is 65.3 Å². The van der Waals surface area contributed by atoms with Crippen LogP contribution < -0.4 is 14.8 Å². The number of methoxy groups -OCH3 is 2. The average Bonchev–Trinajstić information content (AvgIpc) is 3.11. The minimum Gasteiger partial charge on any atom is -0.493 e. The Kier molecular flexibility index (Phi) is 4.79. The average molecular weight is 395 g/mol. The summed E-state index contributed by atoms with van der Waals surface area (Å²) in [5.74, 6) is 2.13. The fourth-order valence-corrected chi connectivity index (χ4v) is 3.23. The normalized spacial score (nSPS) is 10.9. The van der Waals surface area contributed by atoms with Crippen LogP contribution in [0.25, 0.3) is 16.9 Å². The Morgan fingerprint density at radius 2 is 1.79 bits per heavy atom. The van der Waals surface area contributed by atoms with E-state index in [0.29, 0.717) is 16.5 Å². The van der Waals surface area contributed by atoms with Gasteiger partial charge >= 0.3 is 0 Å². The predicted molar refractivity (Wildman–Crippen MR) is 111 cm³/mol. The maximum atomic E-state index is 6.10. The molecule has 6 nitrogen and oxygen atoms in total. The zero-order valence-electron chi connectivity index (χ0n) is 15.7. The van der Waals surface area contributed by atoms with Crippen LogP contribution in [0.1, 0.15) is 5.69 Å². The maximum Gasteiger partial charge on any atom is 0.161 e. The van der Waals surface area contributed by atoms with Gasteiger partial charge in [0.1, 0.15) is 5.82 Å². The summed E-state index contributed by atoms with van der Waals surface area (Å²) in [6.45, 7) is 1.95. The first-order chi connectivity index (χ1) is 13.6. The van der Waals surface area contributed by atoms with E-state index in [0.717, 1.165) is 34.1 Å². The van der Waals surface area contributed by atoms with E-state index in [2.05, 4.69) is 10.3 Å². The van der Waals surface area contributed by atoms with E-state index in [1.807, 2.05) is 61.5 Å². The third-order valence-corrected chi connectivity index (χ3v) is 4.57. The van der Waals surface area contributed by atoms with Gasteiger partial charge in [-0.25, -0.2) is 4.98 Å². The van der Waals surface area contributed by atoms with Crippen LogP contribution >= 0.6 is 11.6 Å². The summed E-state index contributed by atoms with van der Waals surface area (Å²) in [6, 6.07) is 17.1. The number of hydrogen-bond donors (Lipinski definition) is 1. The van der Waals surface area contributed by atoms with Gasteiger partial charge in [0.05, 0.1) is 19.9 Å². The van der Waals surface area contributed by atoms with Crippen molar-refractivity contribution in [2.75, 3.05) is 19.5 Å². The lowest BCUT2D eigenvalue weighted by Crippen LogP contribution is -2.02. The lowest BCUT2D eigenvalue weighted by atomic mass is 10.1. The van der Waals surface area contributed by atoms with Crippen molar-refractivity contribution in [2.24, 2.45) is 0 Å². The van der Waals surface area contributed by atoms with Gasteiger partial charge in [-0.1, -0.05) is 17.7 Å². The summed E-state index contributed by atoms with van der Waals surface area (Å²) in [5.41, 5.74) is 4.20. The van der Waals surface area contributed by atoms with Crippen molar-refractivity contribution in [3.8, 4) is 22.8 Å². The number of halogens is 1. The Hall–Kier alpha value is -3.25. The number of benzene rings is 2. The number of nitrogens with zero attached hydrogens (tertiary/aromatic N) is 3. The van der Waals surface area contributed by atoms with Gasteiger partial charge in [0.15, 0.2) is 17.1 Å². The van der Waals surface area contributed by atoms with Crippen LogP contribution in [0.5, 0.6) is 11.5 Å². The van der Waals surface area contributed by atoms with E-state index in [1.54, 1.807) is 18.7 Å². The van der Waals surface area contributed by atoms with Crippen LogP contribution in [0.2, 0.25) is 5.02 Å². The molecule has 0 atom stereocenters. The van der Waals surface area contributed by atoms with Gasteiger partial charge in [0.2, 0.25) is 0 Å². The van der Waals surface area contributed by atoms with Crippen LogP contribution in [0.3, 0.4) is 0 Å². The molecule has 0 aliphatic carbocycles. The first-order valence-electron chi connectivity index (χ1n) is 8.70. The van der Waals surface area contributed by atoms with Gasteiger partial charge in [-0.15, -0.1) is 0 Å². The van der Waals surface area contributed by atoms with Crippen molar-refractivity contribution in [1.29, 1.82) is 0 Å². The molecule has 0 aliphatic rings. The molecule has 0 unspecified atom stereocenters. The first-order valence-corrected chi connectivity index (χ1v) is 9.07. The Bertz CT molecular complexity index is 1160. The molecule has 0 amide bonds. The Morgan fingerprint density at radius 1 is 0.964 bits per heavy atom. The Balaban J connectivity index is 1.79. The number of nitrogens with one attached hydrogen (secondary N) is 1. The lowest BCUT2D eigenvalue weighted by molar-refractivity contribution is 0.355. The van der Waals surface area contributed by atoms with Crippen LogP contribution in [0.15, 0.2) is 54.6 Å². The van der Waals surface area contributed by atoms with Crippen molar-refractivity contribution in [1.82, 2.24) is 14.6 Å². The third kappa shape index (κ3) is 3.46. The molecule has 4 aromatic rings.